The molecule has 0 saturated carbocycles. The van der Waals surface area contributed by atoms with Gasteiger partial charge in [-0.05, 0) is 42.5 Å². The minimum Gasteiger partial charge on any atom is -0.496 e. The molecule has 128 valence electrons. The highest BCUT2D eigenvalue weighted by Gasteiger charge is 2.25. The Bertz CT molecular complexity index is 814. The fourth-order valence-electron chi connectivity index (χ4n) is 2.96. The minimum atomic E-state index is -0.321. The number of benzene rings is 2. The molecule has 0 spiro atoms. The van der Waals surface area contributed by atoms with Gasteiger partial charge in [-0.15, -0.1) is 0 Å². The highest BCUT2D eigenvalue weighted by molar-refractivity contribution is 5.95. The number of nitrogens with zero attached hydrogens (tertiary/aromatic N) is 3. The van der Waals surface area contributed by atoms with Crippen LogP contribution in [0.15, 0.2) is 42.5 Å². The Kier molecular flexibility index (Phi) is 4.96. The second-order valence-electron chi connectivity index (χ2n) is 5.87. The monoisotopic (exact) mass is 339 g/mol. The van der Waals surface area contributed by atoms with E-state index in [-0.39, 0.29) is 18.3 Å². The van der Waals surface area contributed by atoms with Crippen LogP contribution in [-0.4, -0.2) is 37.6 Å². The number of hydrogen-bond acceptors (Lipinski definition) is 4. The molecule has 6 heteroatoms. The lowest BCUT2D eigenvalue weighted by Crippen LogP contribution is -2.50. The summed E-state index contributed by atoms with van der Waals surface area (Å²) in [7, 11) is 1.55. The summed E-state index contributed by atoms with van der Waals surface area (Å²) in [5.74, 6) is 0.271. The molecule has 3 rings (SSSR count). The number of rotatable bonds is 4. The predicted molar refractivity (Wildman–Crippen MR) is 91.7 cm³/mol. The molecule has 0 radical (unpaired) electrons. The summed E-state index contributed by atoms with van der Waals surface area (Å²) in [6, 6.07) is 13.4. The predicted octanol–water partition coefficient (Wildman–Crippen LogP) is 2.55. The van der Waals surface area contributed by atoms with Crippen LogP contribution in [0.3, 0.4) is 0 Å². The number of amides is 1. The number of ether oxygens (including phenoxy) is 1. The number of nitriles is 1. The maximum atomic E-state index is 13.5. The second-order valence-corrected chi connectivity index (χ2v) is 5.87. The lowest BCUT2D eigenvalue weighted by Gasteiger charge is -2.34. The van der Waals surface area contributed by atoms with E-state index in [1.54, 1.807) is 42.3 Å². The summed E-state index contributed by atoms with van der Waals surface area (Å²) >= 11 is 0. The molecule has 2 aromatic rings. The Balaban J connectivity index is 1.68. The number of carbonyl (C=O) groups excluding carboxylic acids is 1. The van der Waals surface area contributed by atoms with Gasteiger partial charge >= 0.3 is 0 Å². The van der Waals surface area contributed by atoms with Gasteiger partial charge < -0.3 is 9.64 Å². The molecule has 1 aliphatic rings. The van der Waals surface area contributed by atoms with Crippen LogP contribution in [-0.2, 0) is 11.3 Å². The summed E-state index contributed by atoms with van der Waals surface area (Å²) in [5.41, 5.74) is 2.07. The first-order chi connectivity index (χ1) is 12.1. The number of hydrogen-bond donors (Lipinski definition) is 0. The topological polar surface area (TPSA) is 56.6 Å². The molecular formula is C19H18FN3O2. The lowest BCUT2D eigenvalue weighted by atomic mass is 10.1. The van der Waals surface area contributed by atoms with Gasteiger partial charge in [-0.3, -0.25) is 9.69 Å². The largest absolute Gasteiger partial charge is 0.496 e. The van der Waals surface area contributed by atoms with Crippen molar-refractivity contribution in [1.29, 1.82) is 5.26 Å². The molecule has 0 aromatic heterocycles. The van der Waals surface area contributed by atoms with Crippen molar-refractivity contribution in [2.75, 3.05) is 31.6 Å². The molecule has 0 aliphatic carbocycles. The van der Waals surface area contributed by atoms with E-state index in [2.05, 4.69) is 6.07 Å². The van der Waals surface area contributed by atoms with Crippen molar-refractivity contribution < 1.29 is 13.9 Å². The Morgan fingerprint density at radius 2 is 1.96 bits per heavy atom. The van der Waals surface area contributed by atoms with Gasteiger partial charge in [-0.2, -0.15) is 5.26 Å². The van der Waals surface area contributed by atoms with Crippen molar-refractivity contribution in [2.24, 2.45) is 0 Å². The Hall–Kier alpha value is -2.91. The van der Waals surface area contributed by atoms with E-state index >= 15 is 0 Å². The number of methoxy groups -OCH3 is 1. The summed E-state index contributed by atoms with van der Waals surface area (Å²) in [6.45, 7) is 1.92. The summed E-state index contributed by atoms with van der Waals surface area (Å²) in [6.07, 6.45) is 0. The van der Waals surface area contributed by atoms with Crippen molar-refractivity contribution in [3.05, 3.63) is 59.4 Å². The Morgan fingerprint density at radius 1 is 1.20 bits per heavy atom. The maximum absolute atomic E-state index is 13.5. The number of piperazine rings is 1. The first-order valence-electron chi connectivity index (χ1n) is 7.96. The van der Waals surface area contributed by atoms with Crippen LogP contribution in [0.25, 0.3) is 0 Å². The zero-order chi connectivity index (χ0) is 17.8. The zero-order valence-corrected chi connectivity index (χ0v) is 13.9. The molecule has 0 unspecified atom stereocenters. The average Bonchev–Trinajstić information content (AvgIpc) is 2.62. The van der Waals surface area contributed by atoms with Gasteiger partial charge in [0, 0.05) is 30.9 Å². The molecule has 1 fully saturated rings. The molecule has 1 saturated heterocycles. The molecule has 2 aromatic carbocycles. The molecule has 1 aliphatic heterocycles. The molecule has 1 heterocycles. The quantitative estimate of drug-likeness (QED) is 0.859. The first kappa shape index (κ1) is 16.9. The average molecular weight is 339 g/mol. The van der Waals surface area contributed by atoms with E-state index in [0.717, 1.165) is 11.3 Å². The standard InChI is InChI=1S/C19H18FN3O2/c1-25-18-7-4-16(20)10-15(18)12-22-8-9-23(19(24)13-22)17-5-2-14(11-21)3-6-17/h2-7,10H,8-9,12-13H2,1H3. The lowest BCUT2D eigenvalue weighted by molar-refractivity contribution is -0.121. The third-order valence-electron chi connectivity index (χ3n) is 4.24. The normalized spacial score (nSPS) is 15.1. The molecule has 0 atom stereocenters. The third kappa shape index (κ3) is 3.78. The summed E-state index contributed by atoms with van der Waals surface area (Å²) < 4.78 is 18.8. The van der Waals surface area contributed by atoms with E-state index in [1.165, 1.54) is 12.1 Å². The fourth-order valence-corrected chi connectivity index (χ4v) is 2.96. The van der Waals surface area contributed by atoms with E-state index in [1.807, 2.05) is 4.90 Å². The van der Waals surface area contributed by atoms with Crippen LogP contribution in [0, 0.1) is 17.1 Å². The third-order valence-corrected chi connectivity index (χ3v) is 4.24. The van der Waals surface area contributed by atoms with E-state index in [4.69, 9.17) is 10.00 Å². The molecule has 0 N–H and O–H groups in total. The molecule has 25 heavy (non-hydrogen) atoms. The summed E-state index contributed by atoms with van der Waals surface area (Å²) in [4.78, 5) is 16.2. The van der Waals surface area contributed by atoms with Crippen molar-refractivity contribution in [3.63, 3.8) is 0 Å². The van der Waals surface area contributed by atoms with Crippen molar-refractivity contribution in [1.82, 2.24) is 4.90 Å². The van der Waals surface area contributed by atoms with Crippen LogP contribution >= 0.6 is 0 Å². The molecule has 1 amide bonds. The van der Waals surface area contributed by atoms with Crippen LogP contribution in [0.4, 0.5) is 10.1 Å². The van der Waals surface area contributed by atoms with Gasteiger partial charge in [0.2, 0.25) is 5.91 Å². The maximum Gasteiger partial charge on any atom is 0.241 e. The van der Waals surface area contributed by atoms with E-state index in [9.17, 15) is 9.18 Å². The first-order valence-corrected chi connectivity index (χ1v) is 7.96. The van der Waals surface area contributed by atoms with Gasteiger partial charge in [0.1, 0.15) is 11.6 Å². The highest BCUT2D eigenvalue weighted by atomic mass is 19.1. The van der Waals surface area contributed by atoms with Gasteiger partial charge in [-0.25, -0.2) is 4.39 Å². The molecular weight excluding hydrogens is 321 g/mol. The van der Waals surface area contributed by atoms with Crippen LogP contribution in [0.1, 0.15) is 11.1 Å². The smallest absolute Gasteiger partial charge is 0.241 e. The van der Waals surface area contributed by atoms with Crippen molar-refractivity contribution in [3.8, 4) is 11.8 Å². The van der Waals surface area contributed by atoms with Gasteiger partial charge in [0.25, 0.3) is 0 Å². The number of halogens is 1. The van der Waals surface area contributed by atoms with Gasteiger partial charge in [0.05, 0.1) is 25.3 Å². The number of anilines is 1. The minimum absolute atomic E-state index is 0.0219. The van der Waals surface area contributed by atoms with Crippen molar-refractivity contribution in [2.45, 2.75) is 6.54 Å². The van der Waals surface area contributed by atoms with Gasteiger partial charge in [-0.1, -0.05) is 0 Å². The van der Waals surface area contributed by atoms with Crippen LogP contribution in [0.5, 0.6) is 5.75 Å². The second kappa shape index (κ2) is 7.32. The summed E-state index contributed by atoms with van der Waals surface area (Å²) in [5, 5.41) is 8.85. The van der Waals surface area contributed by atoms with E-state index < -0.39 is 0 Å². The number of carbonyl (C=O) groups is 1. The Morgan fingerprint density at radius 3 is 2.60 bits per heavy atom. The SMILES string of the molecule is COc1ccc(F)cc1CN1CCN(c2ccc(C#N)cc2)C(=O)C1. The van der Waals surface area contributed by atoms with Crippen LogP contribution < -0.4 is 9.64 Å². The van der Waals surface area contributed by atoms with E-state index in [0.29, 0.717) is 30.9 Å². The zero-order valence-electron chi connectivity index (χ0n) is 13.9. The van der Waals surface area contributed by atoms with Gasteiger partial charge in [0.15, 0.2) is 0 Å². The molecule has 5 nitrogen and oxygen atoms in total. The van der Waals surface area contributed by atoms with Crippen molar-refractivity contribution >= 4 is 11.6 Å². The molecule has 0 bridgehead atoms. The Labute approximate surface area is 145 Å². The highest BCUT2D eigenvalue weighted by Crippen LogP contribution is 2.23. The fraction of sp³-hybridized carbons (Fsp3) is 0.263. The van der Waals surface area contributed by atoms with Crippen LogP contribution in [0.2, 0.25) is 0 Å².